The fourth-order valence-corrected chi connectivity index (χ4v) is 5.87. The molecule has 1 fully saturated rings. The van der Waals surface area contributed by atoms with Gasteiger partial charge in [0.2, 0.25) is 16.9 Å². The number of aromatic nitrogens is 2. The molecule has 0 bridgehead atoms. The fraction of sp³-hybridized carbons (Fsp3) is 0.318. The number of hydrogen-bond donors (Lipinski definition) is 1. The molecule has 1 saturated heterocycles. The predicted octanol–water partition coefficient (Wildman–Crippen LogP) is 3.98. The van der Waals surface area contributed by atoms with Crippen molar-refractivity contribution in [1.82, 2.24) is 15.1 Å². The van der Waals surface area contributed by atoms with E-state index in [2.05, 4.69) is 15.5 Å². The maximum atomic E-state index is 13.2. The van der Waals surface area contributed by atoms with Gasteiger partial charge in [0.05, 0.1) is 11.3 Å². The van der Waals surface area contributed by atoms with Crippen molar-refractivity contribution in [3.8, 4) is 10.6 Å². The number of carbonyl (C=O) groups is 3. The molecule has 164 valence electrons. The van der Waals surface area contributed by atoms with E-state index in [0.29, 0.717) is 42.2 Å². The summed E-state index contributed by atoms with van der Waals surface area (Å²) in [4.78, 5) is 41.8. The van der Waals surface area contributed by atoms with E-state index in [4.69, 9.17) is 0 Å². The summed E-state index contributed by atoms with van der Waals surface area (Å²) in [6, 6.07) is 9.19. The molecular formula is C22H21N5O3S2. The summed E-state index contributed by atoms with van der Waals surface area (Å²) in [5, 5.41) is 16.1. The highest BCUT2D eigenvalue weighted by molar-refractivity contribution is 7.19. The number of rotatable bonds is 6. The second-order valence-corrected chi connectivity index (χ2v) is 9.75. The van der Waals surface area contributed by atoms with Crippen molar-refractivity contribution in [1.29, 1.82) is 0 Å². The minimum absolute atomic E-state index is 0.0212. The van der Waals surface area contributed by atoms with Gasteiger partial charge in [-0.1, -0.05) is 23.5 Å². The highest BCUT2D eigenvalue weighted by Crippen LogP contribution is 2.44. The Kier molecular flexibility index (Phi) is 5.26. The van der Waals surface area contributed by atoms with E-state index in [1.807, 2.05) is 35.9 Å². The van der Waals surface area contributed by atoms with Crippen LogP contribution in [0.3, 0.4) is 0 Å². The number of fused-ring (bicyclic) bond motifs is 3. The van der Waals surface area contributed by atoms with Gasteiger partial charge in [-0.05, 0) is 43.3 Å². The summed E-state index contributed by atoms with van der Waals surface area (Å²) in [7, 11) is 0. The second kappa shape index (κ2) is 8.10. The van der Waals surface area contributed by atoms with Gasteiger partial charge in [0.1, 0.15) is 10.7 Å². The van der Waals surface area contributed by atoms with E-state index >= 15 is 0 Å². The molecule has 2 aliphatic heterocycles. The molecule has 10 heteroatoms. The van der Waals surface area contributed by atoms with Crippen LogP contribution >= 0.6 is 22.7 Å². The number of anilines is 2. The van der Waals surface area contributed by atoms with Crippen LogP contribution in [-0.2, 0) is 9.59 Å². The van der Waals surface area contributed by atoms with Crippen LogP contribution in [0.25, 0.3) is 10.6 Å². The Morgan fingerprint density at radius 3 is 2.88 bits per heavy atom. The number of nitrogens with zero attached hydrogens (tertiary/aromatic N) is 4. The van der Waals surface area contributed by atoms with Gasteiger partial charge in [-0.15, -0.1) is 10.2 Å². The van der Waals surface area contributed by atoms with Crippen molar-refractivity contribution >= 4 is 51.2 Å². The maximum absolute atomic E-state index is 13.2. The minimum Gasteiger partial charge on any atom is -0.315 e. The van der Waals surface area contributed by atoms with Gasteiger partial charge in [0.25, 0.3) is 5.91 Å². The molecule has 1 N–H and O–H groups in total. The zero-order valence-corrected chi connectivity index (χ0v) is 19.0. The fourth-order valence-electron chi connectivity index (χ4n) is 4.40. The monoisotopic (exact) mass is 467 g/mol. The molecule has 1 atom stereocenters. The Balaban J connectivity index is 1.24. The zero-order chi connectivity index (χ0) is 22.3. The third-order valence-electron chi connectivity index (χ3n) is 5.97. The van der Waals surface area contributed by atoms with E-state index in [1.165, 1.54) is 11.3 Å². The molecule has 2 aliphatic rings. The Hall–Kier alpha value is -3.11. The number of thiophene rings is 1. The molecule has 0 radical (unpaired) electrons. The molecular weight excluding hydrogens is 446 g/mol. The SMILES string of the molecule is CC12CCC(=O)N1c1ccccc1C(=O)N2CCCC(=O)Nc1nnc(-c2ccsc2)s1. The molecule has 8 nitrogen and oxygen atoms in total. The topological polar surface area (TPSA) is 95.5 Å². The first-order valence-corrected chi connectivity index (χ1v) is 12.1. The summed E-state index contributed by atoms with van der Waals surface area (Å²) < 4.78 is 0. The predicted molar refractivity (Wildman–Crippen MR) is 124 cm³/mol. The van der Waals surface area contributed by atoms with Crippen molar-refractivity contribution in [2.45, 2.75) is 38.3 Å². The number of benzene rings is 1. The molecule has 0 saturated carbocycles. The lowest BCUT2D eigenvalue weighted by molar-refractivity contribution is -0.118. The number of carbonyl (C=O) groups excluding carboxylic acids is 3. The quantitative estimate of drug-likeness (QED) is 0.592. The van der Waals surface area contributed by atoms with E-state index in [1.54, 1.807) is 33.3 Å². The molecule has 3 aromatic rings. The van der Waals surface area contributed by atoms with Gasteiger partial charge < -0.3 is 10.2 Å². The van der Waals surface area contributed by atoms with Gasteiger partial charge >= 0.3 is 0 Å². The third-order valence-corrected chi connectivity index (χ3v) is 7.54. The largest absolute Gasteiger partial charge is 0.315 e. The lowest BCUT2D eigenvalue weighted by Gasteiger charge is -2.48. The Bertz CT molecular complexity index is 1190. The van der Waals surface area contributed by atoms with Crippen LogP contribution in [0.5, 0.6) is 0 Å². The second-order valence-electron chi connectivity index (χ2n) is 8.00. The number of para-hydroxylation sites is 1. The zero-order valence-electron chi connectivity index (χ0n) is 17.4. The first-order valence-electron chi connectivity index (χ1n) is 10.4. The first-order chi connectivity index (χ1) is 15.5. The molecule has 2 aromatic heterocycles. The Morgan fingerprint density at radius 1 is 1.22 bits per heavy atom. The van der Waals surface area contributed by atoms with Gasteiger partial charge in [0, 0.05) is 30.3 Å². The van der Waals surface area contributed by atoms with E-state index < -0.39 is 5.66 Å². The van der Waals surface area contributed by atoms with Crippen LogP contribution in [0.15, 0.2) is 41.1 Å². The molecule has 0 spiro atoms. The Morgan fingerprint density at radius 2 is 2.06 bits per heavy atom. The number of hydrogen-bond acceptors (Lipinski definition) is 7. The van der Waals surface area contributed by atoms with Crippen molar-refractivity contribution in [2.24, 2.45) is 0 Å². The highest BCUT2D eigenvalue weighted by Gasteiger charge is 2.52. The van der Waals surface area contributed by atoms with Gasteiger partial charge in [-0.3, -0.25) is 19.3 Å². The maximum Gasteiger partial charge on any atom is 0.257 e. The van der Waals surface area contributed by atoms with E-state index in [0.717, 1.165) is 10.6 Å². The molecule has 1 unspecified atom stereocenters. The molecule has 3 amide bonds. The van der Waals surface area contributed by atoms with Crippen molar-refractivity contribution in [2.75, 3.05) is 16.8 Å². The summed E-state index contributed by atoms with van der Waals surface area (Å²) in [6.45, 7) is 2.32. The highest BCUT2D eigenvalue weighted by atomic mass is 32.1. The smallest absolute Gasteiger partial charge is 0.257 e. The van der Waals surface area contributed by atoms with Gasteiger partial charge in [0.15, 0.2) is 0 Å². The average molecular weight is 468 g/mol. The lowest BCUT2D eigenvalue weighted by atomic mass is 9.98. The average Bonchev–Trinajstić information content (AvgIpc) is 3.52. The summed E-state index contributed by atoms with van der Waals surface area (Å²) in [5.41, 5.74) is 1.49. The Labute approximate surface area is 192 Å². The lowest BCUT2D eigenvalue weighted by Crippen LogP contribution is -2.62. The summed E-state index contributed by atoms with van der Waals surface area (Å²) in [5.74, 6) is -0.251. The molecule has 5 rings (SSSR count). The van der Waals surface area contributed by atoms with E-state index in [9.17, 15) is 14.4 Å². The van der Waals surface area contributed by atoms with Crippen LogP contribution in [0, 0.1) is 0 Å². The van der Waals surface area contributed by atoms with Gasteiger partial charge in [-0.25, -0.2) is 0 Å². The van der Waals surface area contributed by atoms with Crippen LogP contribution in [0.1, 0.15) is 43.0 Å². The van der Waals surface area contributed by atoms with E-state index in [-0.39, 0.29) is 24.1 Å². The normalized spacial score (nSPS) is 19.8. The van der Waals surface area contributed by atoms with Crippen LogP contribution in [0.2, 0.25) is 0 Å². The number of nitrogens with one attached hydrogen (secondary N) is 1. The van der Waals surface area contributed by atoms with Crippen molar-refractivity contribution in [3.63, 3.8) is 0 Å². The third kappa shape index (κ3) is 3.49. The van der Waals surface area contributed by atoms with Crippen LogP contribution < -0.4 is 10.2 Å². The first kappa shape index (κ1) is 20.8. The van der Waals surface area contributed by atoms with Gasteiger partial charge in [-0.2, -0.15) is 11.3 Å². The molecule has 4 heterocycles. The standard InChI is InChI=1S/C22H21N5O3S2/c1-22-10-8-18(29)27(22)16-6-3-2-5-15(16)20(30)26(22)11-4-7-17(28)23-21-25-24-19(32-21)14-9-12-31-13-14/h2-3,5-6,9,12-13H,4,7-8,10-11H2,1H3,(H,23,25,28). The number of amides is 3. The minimum atomic E-state index is -0.701. The van der Waals surface area contributed by atoms with Crippen LogP contribution in [0.4, 0.5) is 10.8 Å². The summed E-state index contributed by atoms with van der Waals surface area (Å²) in [6.07, 6.45) is 1.70. The van der Waals surface area contributed by atoms with Crippen LogP contribution in [-0.4, -0.2) is 45.0 Å². The van der Waals surface area contributed by atoms with Crippen molar-refractivity contribution in [3.05, 3.63) is 46.7 Å². The molecule has 1 aromatic carbocycles. The molecule has 32 heavy (non-hydrogen) atoms. The summed E-state index contributed by atoms with van der Waals surface area (Å²) >= 11 is 2.91. The van der Waals surface area contributed by atoms with Crippen molar-refractivity contribution < 1.29 is 14.4 Å². The molecule has 0 aliphatic carbocycles.